The summed E-state index contributed by atoms with van der Waals surface area (Å²) >= 11 is 0. The molecule has 0 fully saturated rings. The number of carboxylic acids is 1. The van der Waals surface area contributed by atoms with Crippen LogP contribution in [-0.4, -0.2) is 49.2 Å². The van der Waals surface area contributed by atoms with Gasteiger partial charge in [0, 0.05) is 24.7 Å². The number of benzene rings is 1. The summed E-state index contributed by atoms with van der Waals surface area (Å²) in [4.78, 5) is 25.0. The van der Waals surface area contributed by atoms with E-state index < -0.39 is 5.97 Å². The molecule has 6 nitrogen and oxygen atoms in total. The maximum atomic E-state index is 12.7. The van der Waals surface area contributed by atoms with E-state index in [0.717, 1.165) is 0 Å². The number of carbonyl (C=O) groups excluding carboxylic acids is 1. The van der Waals surface area contributed by atoms with Gasteiger partial charge in [0.05, 0.1) is 20.6 Å². The minimum Gasteiger partial charge on any atom is -0.497 e. The van der Waals surface area contributed by atoms with E-state index in [1.54, 1.807) is 23.1 Å². The van der Waals surface area contributed by atoms with Gasteiger partial charge in [0.2, 0.25) is 0 Å². The van der Waals surface area contributed by atoms with Gasteiger partial charge in [-0.1, -0.05) is 13.8 Å². The van der Waals surface area contributed by atoms with Crippen molar-refractivity contribution < 1.29 is 24.2 Å². The van der Waals surface area contributed by atoms with Crippen LogP contribution in [0.1, 0.15) is 30.6 Å². The van der Waals surface area contributed by atoms with Gasteiger partial charge in [-0.05, 0) is 18.1 Å². The normalized spacial score (nSPS) is 10.4. The second-order valence-corrected chi connectivity index (χ2v) is 5.39. The molecule has 0 aliphatic carbocycles. The van der Waals surface area contributed by atoms with Crippen LogP contribution in [0.3, 0.4) is 0 Å². The van der Waals surface area contributed by atoms with E-state index in [1.807, 2.05) is 13.8 Å². The average Bonchev–Trinajstić information content (AvgIpc) is 2.49. The number of carboxylic acid groups (broad SMARTS) is 1. The van der Waals surface area contributed by atoms with Gasteiger partial charge in [-0.3, -0.25) is 9.59 Å². The van der Waals surface area contributed by atoms with Crippen molar-refractivity contribution in [1.82, 2.24) is 4.90 Å². The molecule has 0 aliphatic rings. The number of carbonyl (C=O) groups is 2. The first-order valence-electron chi connectivity index (χ1n) is 7.11. The van der Waals surface area contributed by atoms with Gasteiger partial charge in [-0.2, -0.15) is 0 Å². The molecule has 0 aliphatic heterocycles. The number of hydrogen-bond acceptors (Lipinski definition) is 4. The van der Waals surface area contributed by atoms with Crippen LogP contribution in [0.15, 0.2) is 18.2 Å². The fraction of sp³-hybridized carbons (Fsp3) is 0.500. The molecule has 1 aromatic rings. The Morgan fingerprint density at radius 2 is 1.68 bits per heavy atom. The predicted molar refractivity (Wildman–Crippen MR) is 82.5 cm³/mol. The molecule has 0 radical (unpaired) electrons. The van der Waals surface area contributed by atoms with Gasteiger partial charge in [-0.15, -0.1) is 0 Å². The van der Waals surface area contributed by atoms with Gasteiger partial charge >= 0.3 is 5.97 Å². The second-order valence-electron chi connectivity index (χ2n) is 5.39. The van der Waals surface area contributed by atoms with Gasteiger partial charge in [-0.25, -0.2) is 0 Å². The molecule has 0 heterocycles. The van der Waals surface area contributed by atoms with Crippen LogP contribution in [0, 0.1) is 5.92 Å². The Balaban J connectivity index is 3.03. The number of aliphatic carboxylic acids is 1. The molecule has 1 aromatic carbocycles. The Hall–Kier alpha value is -2.24. The number of methoxy groups -OCH3 is 2. The highest BCUT2D eigenvalue weighted by Gasteiger charge is 2.19. The van der Waals surface area contributed by atoms with Crippen molar-refractivity contribution in [3.8, 4) is 11.5 Å². The zero-order valence-corrected chi connectivity index (χ0v) is 13.5. The summed E-state index contributed by atoms with van der Waals surface area (Å²) in [6.07, 6.45) is -0.0838. The largest absolute Gasteiger partial charge is 0.497 e. The number of amides is 1. The third kappa shape index (κ3) is 5.27. The Morgan fingerprint density at radius 1 is 1.14 bits per heavy atom. The lowest BCUT2D eigenvalue weighted by Crippen LogP contribution is -2.36. The predicted octanol–water partition coefficient (Wildman–Crippen LogP) is 2.28. The van der Waals surface area contributed by atoms with E-state index in [9.17, 15) is 9.59 Å². The van der Waals surface area contributed by atoms with Gasteiger partial charge in [0.15, 0.2) is 0 Å². The minimum atomic E-state index is -0.926. The number of hydrogen-bond donors (Lipinski definition) is 1. The van der Waals surface area contributed by atoms with Crippen LogP contribution in [0.25, 0.3) is 0 Å². The van der Waals surface area contributed by atoms with Crippen molar-refractivity contribution in [2.45, 2.75) is 20.3 Å². The lowest BCUT2D eigenvalue weighted by molar-refractivity contribution is -0.137. The van der Waals surface area contributed by atoms with Crippen molar-refractivity contribution in [3.05, 3.63) is 23.8 Å². The molecule has 0 saturated carbocycles. The fourth-order valence-electron chi connectivity index (χ4n) is 2.06. The van der Waals surface area contributed by atoms with Crippen molar-refractivity contribution in [2.24, 2.45) is 5.92 Å². The number of rotatable bonds is 8. The molecule has 1 rings (SSSR count). The highest BCUT2D eigenvalue weighted by atomic mass is 16.5. The van der Waals surface area contributed by atoms with Crippen molar-refractivity contribution >= 4 is 11.9 Å². The minimum absolute atomic E-state index is 0.0838. The van der Waals surface area contributed by atoms with Crippen molar-refractivity contribution in [3.63, 3.8) is 0 Å². The van der Waals surface area contributed by atoms with E-state index in [0.29, 0.717) is 23.6 Å². The van der Waals surface area contributed by atoms with E-state index in [2.05, 4.69) is 0 Å². The Kier molecular flexibility index (Phi) is 6.69. The SMILES string of the molecule is COc1cc(OC)cc(C(=O)N(CCC(=O)O)CC(C)C)c1. The molecular formula is C16H23NO5. The van der Waals surface area contributed by atoms with Crippen molar-refractivity contribution in [1.29, 1.82) is 0 Å². The molecule has 0 unspecified atom stereocenters. The highest BCUT2D eigenvalue weighted by molar-refractivity contribution is 5.95. The molecule has 0 atom stereocenters. The summed E-state index contributed by atoms with van der Waals surface area (Å²) in [7, 11) is 3.03. The van der Waals surface area contributed by atoms with Crippen LogP contribution in [-0.2, 0) is 4.79 Å². The van der Waals surface area contributed by atoms with Crippen LogP contribution in [0.4, 0.5) is 0 Å². The molecular weight excluding hydrogens is 286 g/mol. The first-order chi connectivity index (χ1) is 10.4. The monoisotopic (exact) mass is 309 g/mol. The summed E-state index contributed by atoms with van der Waals surface area (Å²) < 4.78 is 10.3. The van der Waals surface area contributed by atoms with Crippen LogP contribution in [0.5, 0.6) is 11.5 Å². The fourth-order valence-corrected chi connectivity index (χ4v) is 2.06. The molecule has 1 amide bonds. The molecule has 22 heavy (non-hydrogen) atoms. The quantitative estimate of drug-likeness (QED) is 0.797. The topological polar surface area (TPSA) is 76.1 Å². The Bertz CT molecular complexity index is 505. The lowest BCUT2D eigenvalue weighted by atomic mass is 10.1. The smallest absolute Gasteiger partial charge is 0.305 e. The van der Waals surface area contributed by atoms with Crippen LogP contribution < -0.4 is 9.47 Å². The van der Waals surface area contributed by atoms with Gasteiger partial charge in [0.25, 0.3) is 5.91 Å². The first kappa shape index (κ1) is 17.8. The molecule has 122 valence electrons. The summed E-state index contributed by atoms with van der Waals surface area (Å²) in [5, 5.41) is 8.84. The average molecular weight is 309 g/mol. The summed E-state index contributed by atoms with van der Waals surface area (Å²) in [6.45, 7) is 4.62. The highest BCUT2D eigenvalue weighted by Crippen LogP contribution is 2.23. The molecule has 0 bridgehead atoms. The lowest BCUT2D eigenvalue weighted by Gasteiger charge is -2.24. The third-order valence-electron chi connectivity index (χ3n) is 3.07. The molecule has 0 aromatic heterocycles. The molecule has 0 saturated heterocycles. The zero-order chi connectivity index (χ0) is 16.7. The molecule has 6 heteroatoms. The van der Waals surface area contributed by atoms with Crippen molar-refractivity contribution in [2.75, 3.05) is 27.3 Å². The standard InChI is InChI=1S/C16H23NO5/c1-11(2)10-17(6-5-15(18)19)16(20)12-7-13(21-3)9-14(8-12)22-4/h7-9,11H,5-6,10H2,1-4H3,(H,18,19). The van der Waals surface area contributed by atoms with E-state index in [1.165, 1.54) is 14.2 Å². The Labute approximate surface area is 130 Å². The second kappa shape index (κ2) is 8.26. The molecule has 0 spiro atoms. The van der Waals surface area contributed by atoms with E-state index >= 15 is 0 Å². The summed E-state index contributed by atoms with van der Waals surface area (Å²) in [5.74, 6) is 0.123. The third-order valence-corrected chi connectivity index (χ3v) is 3.07. The Morgan fingerprint density at radius 3 is 2.09 bits per heavy atom. The maximum absolute atomic E-state index is 12.7. The van der Waals surface area contributed by atoms with Gasteiger partial charge < -0.3 is 19.5 Å². The maximum Gasteiger partial charge on any atom is 0.305 e. The molecule has 1 N–H and O–H groups in total. The van der Waals surface area contributed by atoms with E-state index in [4.69, 9.17) is 14.6 Å². The first-order valence-corrected chi connectivity index (χ1v) is 7.11. The van der Waals surface area contributed by atoms with E-state index in [-0.39, 0.29) is 24.8 Å². The van der Waals surface area contributed by atoms with Crippen LogP contribution >= 0.6 is 0 Å². The number of nitrogens with zero attached hydrogens (tertiary/aromatic N) is 1. The van der Waals surface area contributed by atoms with Gasteiger partial charge in [0.1, 0.15) is 11.5 Å². The summed E-state index contributed by atoms with van der Waals surface area (Å²) in [5.41, 5.74) is 0.419. The summed E-state index contributed by atoms with van der Waals surface area (Å²) in [6, 6.07) is 4.93. The van der Waals surface area contributed by atoms with Crippen LogP contribution in [0.2, 0.25) is 0 Å². The zero-order valence-electron chi connectivity index (χ0n) is 13.5. The number of ether oxygens (including phenoxy) is 2.